The SMILES string of the molecule is CC(Nc1c(-c2ccccc2)nc2cnccn12)C(=O)N1CCN(c2ncccn2)CC1. The second kappa shape index (κ2) is 8.62. The largest absolute Gasteiger partial charge is 0.358 e. The Balaban J connectivity index is 1.33. The first-order valence-electron chi connectivity index (χ1n) is 10.7. The standard InChI is InChI=1S/C23H24N8O/c1-17(22(32)29-12-14-30(15-13-29)23-25-8-5-9-26-23)27-21-20(18-6-3-2-4-7-18)28-19-16-24-10-11-31(19)21/h2-11,16-17,27H,12-15H2,1H3. The van der Waals surface area contributed by atoms with E-state index in [1.165, 1.54) is 0 Å². The normalized spacial score (nSPS) is 15.0. The summed E-state index contributed by atoms with van der Waals surface area (Å²) in [7, 11) is 0. The van der Waals surface area contributed by atoms with Gasteiger partial charge in [0.2, 0.25) is 11.9 Å². The number of imidazole rings is 1. The predicted octanol–water partition coefficient (Wildman–Crippen LogP) is 2.34. The second-order valence-electron chi connectivity index (χ2n) is 7.71. The molecule has 4 heterocycles. The van der Waals surface area contributed by atoms with Crippen LogP contribution in [0.3, 0.4) is 0 Å². The fourth-order valence-corrected chi connectivity index (χ4v) is 3.96. The molecule has 9 heteroatoms. The maximum absolute atomic E-state index is 13.2. The summed E-state index contributed by atoms with van der Waals surface area (Å²) in [6, 6.07) is 11.3. The van der Waals surface area contributed by atoms with Gasteiger partial charge in [0.1, 0.15) is 17.6 Å². The van der Waals surface area contributed by atoms with E-state index in [-0.39, 0.29) is 5.91 Å². The van der Waals surface area contributed by atoms with E-state index >= 15 is 0 Å². The fraction of sp³-hybridized carbons (Fsp3) is 0.261. The summed E-state index contributed by atoms with van der Waals surface area (Å²) in [5.74, 6) is 1.55. The third-order valence-corrected chi connectivity index (χ3v) is 5.63. The van der Waals surface area contributed by atoms with Crippen LogP contribution >= 0.6 is 0 Å². The number of hydrogen-bond acceptors (Lipinski definition) is 7. The highest BCUT2D eigenvalue weighted by atomic mass is 16.2. The molecule has 0 aliphatic carbocycles. The fourth-order valence-electron chi connectivity index (χ4n) is 3.96. The molecule has 32 heavy (non-hydrogen) atoms. The molecule has 0 saturated carbocycles. The maximum Gasteiger partial charge on any atom is 0.244 e. The van der Waals surface area contributed by atoms with Gasteiger partial charge in [-0.05, 0) is 13.0 Å². The molecule has 1 aliphatic rings. The number of rotatable bonds is 5. The zero-order valence-corrected chi connectivity index (χ0v) is 17.8. The number of nitrogens with zero attached hydrogens (tertiary/aromatic N) is 7. The molecular formula is C23H24N8O. The lowest BCUT2D eigenvalue weighted by molar-refractivity contribution is -0.131. The van der Waals surface area contributed by atoms with Gasteiger partial charge in [0, 0.05) is 56.5 Å². The molecule has 4 aromatic rings. The summed E-state index contributed by atoms with van der Waals surface area (Å²) in [5, 5.41) is 3.42. The van der Waals surface area contributed by atoms with Gasteiger partial charge < -0.3 is 15.1 Å². The zero-order valence-electron chi connectivity index (χ0n) is 17.8. The number of fused-ring (bicyclic) bond motifs is 1. The summed E-state index contributed by atoms with van der Waals surface area (Å²) in [4.78, 5) is 34.8. The van der Waals surface area contributed by atoms with Crippen molar-refractivity contribution in [1.82, 2.24) is 29.2 Å². The van der Waals surface area contributed by atoms with Gasteiger partial charge in [-0.25, -0.2) is 15.0 Å². The summed E-state index contributed by atoms with van der Waals surface area (Å²) in [5.41, 5.74) is 2.50. The Bertz CT molecular complexity index is 1200. The molecule has 1 fully saturated rings. The van der Waals surface area contributed by atoms with Gasteiger partial charge in [-0.2, -0.15) is 0 Å². The predicted molar refractivity (Wildman–Crippen MR) is 122 cm³/mol. The minimum atomic E-state index is -0.412. The van der Waals surface area contributed by atoms with E-state index in [1.807, 2.05) is 52.8 Å². The Morgan fingerprint density at radius 1 is 1.00 bits per heavy atom. The molecule has 5 rings (SSSR count). The van der Waals surface area contributed by atoms with Crippen molar-refractivity contribution in [2.45, 2.75) is 13.0 Å². The Kier molecular flexibility index (Phi) is 5.37. The molecule has 1 amide bonds. The zero-order chi connectivity index (χ0) is 21.9. The molecule has 1 saturated heterocycles. The van der Waals surface area contributed by atoms with Crippen LogP contribution in [-0.2, 0) is 4.79 Å². The maximum atomic E-state index is 13.2. The van der Waals surface area contributed by atoms with Crippen molar-refractivity contribution in [3.05, 3.63) is 67.4 Å². The van der Waals surface area contributed by atoms with Crippen molar-refractivity contribution < 1.29 is 4.79 Å². The highest BCUT2D eigenvalue weighted by molar-refractivity contribution is 5.86. The Hall–Kier alpha value is -4.01. The van der Waals surface area contributed by atoms with Gasteiger partial charge in [-0.3, -0.25) is 14.2 Å². The van der Waals surface area contributed by atoms with Crippen LogP contribution in [0.1, 0.15) is 6.92 Å². The lowest BCUT2D eigenvalue weighted by atomic mass is 10.1. The number of aromatic nitrogens is 5. The van der Waals surface area contributed by atoms with Gasteiger partial charge in [0.25, 0.3) is 0 Å². The van der Waals surface area contributed by atoms with Crippen LogP contribution in [0, 0.1) is 0 Å². The van der Waals surface area contributed by atoms with E-state index in [2.05, 4.69) is 25.2 Å². The molecule has 3 aromatic heterocycles. The molecule has 1 aliphatic heterocycles. The van der Waals surface area contributed by atoms with Crippen LogP contribution in [0.25, 0.3) is 16.9 Å². The molecule has 0 radical (unpaired) electrons. The molecule has 0 bridgehead atoms. The first-order chi connectivity index (χ1) is 15.7. The average Bonchev–Trinajstić information content (AvgIpc) is 3.23. The molecule has 0 spiro atoms. The number of amides is 1. The molecule has 1 atom stereocenters. The Labute approximate surface area is 185 Å². The minimum absolute atomic E-state index is 0.0571. The van der Waals surface area contributed by atoms with Crippen LogP contribution < -0.4 is 10.2 Å². The van der Waals surface area contributed by atoms with Gasteiger partial charge in [0.15, 0.2) is 5.65 Å². The molecular weight excluding hydrogens is 404 g/mol. The Morgan fingerprint density at radius 2 is 1.75 bits per heavy atom. The highest BCUT2D eigenvalue weighted by Gasteiger charge is 2.27. The van der Waals surface area contributed by atoms with Crippen molar-refractivity contribution in [3.8, 4) is 11.3 Å². The van der Waals surface area contributed by atoms with Gasteiger partial charge in [-0.15, -0.1) is 0 Å². The number of piperazine rings is 1. The summed E-state index contributed by atoms with van der Waals surface area (Å²) in [6.45, 7) is 4.57. The van der Waals surface area contributed by atoms with Crippen molar-refractivity contribution in [2.75, 3.05) is 36.4 Å². The van der Waals surface area contributed by atoms with E-state index in [0.29, 0.717) is 32.1 Å². The van der Waals surface area contributed by atoms with Crippen molar-refractivity contribution in [3.63, 3.8) is 0 Å². The van der Waals surface area contributed by atoms with E-state index in [4.69, 9.17) is 4.98 Å². The highest BCUT2D eigenvalue weighted by Crippen LogP contribution is 2.29. The van der Waals surface area contributed by atoms with Crippen molar-refractivity contribution >= 4 is 23.3 Å². The number of anilines is 2. The number of carbonyl (C=O) groups is 1. The lowest BCUT2D eigenvalue weighted by Gasteiger charge is -2.36. The van der Waals surface area contributed by atoms with Crippen LogP contribution in [0.2, 0.25) is 0 Å². The van der Waals surface area contributed by atoms with E-state index in [9.17, 15) is 4.79 Å². The van der Waals surface area contributed by atoms with E-state index in [1.54, 1.807) is 30.9 Å². The van der Waals surface area contributed by atoms with Gasteiger partial charge in [0.05, 0.1) is 6.20 Å². The topological polar surface area (TPSA) is 91.5 Å². The van der Waals surface area contributed by atoms with Crippen LogP contribution in [-0.4, -0.2) is 67.4 Å². The third-order valence-electron chi connectivity index (χ3n) is 5.63. The van der Waals surface area contributed by atoms with Crippen LogP contribution in [0.4, 0.5) is 11.8 Å². The molecule has 1 unspecified atom stereocenters. The molecule has 1 aromatic carbocycles. The third kappa shape index (κ3) is 3.84. The average molecular weight is 429 g/mol. The summed E-state index contributed by atoms with van der Waals surface area (Å²) in [6.07, 6.45) is 8.76. The number of nitrogens with one attached hydrogen (secondary N) is 1. The molecule has 162 valence electrons. The van der Waals surface area contributed by atoms with Gasteiger partial charge >= 0.3 is 0 Å². The monoisotopic (exact) mass is 428 g/mol. The first-order valence-corrected chi connectivity index (χ1v) is 10.7. The molecule has 1 N–H and O–H groups in total. The van der Waals surface area contributed by atoms with Crippen molar-refractivity contribution in [1.29, 1.82) is 0 Å². The van der Waals surface area contributed by atoms with Crippen molar-refractivity contribution in [2.24, 2.45) is 0 Å². The summed E-state index contributed by atoms with van der Waals surface area (Å²) >= 11 is 0. The van der Waals surface area contributed by atoms with Crippen LogP contribution in [0.15, 0.2) is 67.4 Å². The summed E-state index contributed by atoms with van der Waals surface area (Å²) < 4.78 is 1.93. The second-order valence-corrected chi connectivity index (χ2v) is 7.71. The van der Waals surface area contributed by atoms with Crippen LogP contribution in [0.5, 0.6) is 0 Å². The smallest absolute Gasteiger partial charge is 0.244 e. The van der Waals surface area contributed by atoms with E-state index in [0.717, 1.165) is 22.7 Å². The quantitative estimate of drug-likeness (QED) is 0.522. The number of hydrogen-bond donors (Lipinski definition) is 1. The first kappa shape index (κ1) is 19.9. The number of benzene rings is 1. The number of carbonyl (C=O) groups excluding carboxylic acids is 1. The molecule has 9 nitrogen and oxygen atoms in total. The Morgan fingerprint density at radius 3 is 2.50 bits per heavy atom. The van der Waals surface area contributed by atoms with E-state index < -0.39 is 6.04 Å². The van der Waals surface area contributed by atoms with Gasteiger partial charge in [-0.1, -0.05) is 30.3 Å². The minimum Gasteiger partial charge on any atom is -0.358 e. The lowest BCUT2D eigenvalue weighted by Crippen LogP contribution is -2.52.